The van der Waals surface area contributed by atoms with E-state index in [1.54, 1.807) is 30.3 Å². The van der Waals surface area contributed by atoms with E-state index in [9.17, 15) is 5.11 Å². The number of nitrogens with one attached hydrogen (secondary N) is 1. The smallest absolute Gasteiger partial charge is 0.218 e. The molecule has 0 unspecified atom stereocenters. The average molecular weight is 366 g/mol. The van der Waals surface area contributed by atoms with Gasteiger partial charge in [0.2, 0.25) is 5.88 Å². The molecule has 8 heteroatoms. The van der Waals surface area contributed by atoms with Crippen LogP contribution in [-0.2, 0) is 0 Å². The van der Waals surface area contributed by atoms with Gasteiger partial charge in [-0.1, -0.05) is 23.2 Å². The molecule has 0 aliphatic carbocycles. The van der Waals surface area contributed by atoms with E-state index in [1.165, 1.54) is 14.2 Å². The van der Waals surface area contributed by atoms with Crippen molar-refractivity contribution in [2.75, 3.05) is 14.2 Å². The predicted molar refractivity (Wildman–Crippen MR) is 93.7 cm³/mol. The summed E-state index contributed by atoms with van der Waals surface area (Å²) in [4.78, 5) is 2.83. The van der Waals surface area contributed by atoms with Crippen molar-refractivity contribution in [1.29, 1.82) is 0 Å². The van der Waals surface area contributed by atoms with E-state index in [0.29, 0.717) is 38.1 Å². The van der Waals surface area contributed by atoms with Gasteiger partial charge in [0, 0.05) is 21.5 Å². The second-order valence-corrected chi connectivity index (χ2v) is 5.78. The molecule has 1 aromatic heterocycles. The Kier molecular flexibility index (Phi) is 4.51. The molecule has 0 aliphatic heterocycles. The molecular formula is C16H13Cl2N3O3. The third-order valence-corrected chi connectivity index (χ3v) is 3.81. The van der Waals surface area contributed by atoms with Crippen LogP contribution in [0.25, 0.3) is 10.9 Å². The van der Waals surface area contributed by atoms with Gasteiger partial charge < -0.3 is 19.6 Å². The summed E-state index contributed by atoms with van der Waals surface area (Å²) in [6, 6.07) is 8.26. The second-order valence-electron chi connectivity index (χ2n) is 4.90. The van der Waals surface area contributed by atoms with Crippen molar-refractivity contribution < 1.29 is 14.6 Å². The first-order chi connectivity index (χ1) is 11.5. The standard InChI is InChI=1S/C16H13Cl2N3O3/c1-23-13-6-11-12(7-14(13)24-2)19-16(22)15(11)21-20-10-4-8(17)3-9(18)5-10/h3-7,19,22H,1-2H3. The number of aromatic nitrogens is 1. The number of ether oxygens (including phenoxy) is 2. The highest BCUT2D eigenvalue weighted by Gasteiger charge is 2.15. The first-order valence-electron chi connectivity index (χ1n) is 6.86. The van der Waals surface area contributed by atoms with Crippen LogP contribution in [0.5, 0.6) is 17.4 Å². The van der Waals surface area contributed by atoms with Gasteiger partial charge in [0.15, 0.2) is 17.2 Å². The number of H-pyrrole nitrogens is 1. The van der Waals surface area contributed by atoms with Gasteiger partial charge in [0.1, 0.15) is 0 Å². The van der Waals surface area contributed by atoms with E-state index < -0.39 is 0 Å². The summed E-state index contributed by atoms with van der Waals surface area (Å²) in [5.74, 6) is 0.944. The summed E-state index contributed by atoms with van der Waals surface area (Å²) in [5.41, 5.74) is 1.40. The number of azo groups is 1. The number of nitrogens with zero attached hydrogens (tertiary/aromatic N) is 2. The number of methoxy groups -OCH3 is 2. The molecular weight excluding hydrogens is 353 g/mol. The SMILES string of the molecule is COc1cc2[nH]c(O)c(N=Nc3cc(Cl)cc(Cl)c3)c2cc1OC. The monoisotopic (exact) mass is 365 g/mol. The van der Waals surface area contributed by atoms with Gasteiger partial charge in [0.05, 0.1) is 25.4 Å². The molecule has 0 saturated carbocycles. The molecule has 0 saturated heterocycles. The van der Waals surface area contributed by atoms with Crippen molar-refractivity contribution in [3.05, 3.63) is 40.4 Å². The molecule has 0 bridgehead atoms. The lowest BCUT2D eigenvalue weighted by atomic mass is 10.2. The molecule has 6 nitrogen and oxygen atoms in total. The van der Waals surface area contributed by atoms with Crippen LogP contribution in [0.4, 0.5) is 11.4 Å². The normalized spacial score (nSPS) is 11.3. The number of aromatic hydroxyl groups is 1. The highest BCUT2D eigenvalue weighted by Crippen LogP contribution is 2.41. The zero-order valence-corrected chi connectivity index (χ0v) is 14.3. The lowest BCUT2D eigenvalue weighted by Crippen LogP contribution is -1.89. The van der Waals surface area contributed by atoms with Gasteiger partial charge >= 0.3 is 0 Å². The van der Waals surface area contributed by atoms with E-state index in [-0.39, 0.29) is 11.6 Å². The van der Waals surface area contributed by atoms with Gasteiger partial charge in [-0.05, 0) is 24.3 Å². The van der Waals surface area contributed by atoms with Crippen LogP contribution in [-0.4, -0.2) is 24.3 Å². The van der Waals surface area contributed by atoms with Crippen molar-refractivity contribution in [3.8, 4) is 17.4 Å². The van der Waals surface area contributed by atoms with Gasteiger partial charge in [-0.25, -0.2) is 0 Å². The maximum Gasteiger partial charge on any atom is 0.218 e. The van der Waals surface area contributed by atoms with Crippen LogP contribution in [0.1, 0.15) is 0 Å². The zero-order valence-electron chi connectivity index (χ0n) is 12.8. The lowest BCUT2D eigenvalue weighted by Gasteiger charge is -2.07. The third kappa shape index (κ3) is 3.11. The van der Waals surface area contributed by atoms with Crippen LogP contribution in [0.15, 0.2) is 40.6 Å². The number of rotatable bonds is 4. The van der Waals surface area contributed by atoms with Gasteiger partial charge in [0.25, 0.3) is 0 Å². The quantitative estimate of drug-likeness (QED) is 0.589. The molecule has 0 amide bonds. The topological polar surface area (TPSA) is 79.2 Å². The molecule has 2 aromatic carbocycles. The Morgan fingerprint density at radius 2 is 1.54 bits per heavy atom. The molecule has 0 radical (unpaired) electrons. The van der Waals surface area contributed by atoms with Crippen LogP contribution in [0, 0.1) is 0 Å². The average Bonchev–Trinajstić information content (AvgIpc) is 2.85. The minimum Gasteiger partial charge on any atom is -0.493 e. The molecule has 0 fully saturated rings. The molecule has 2 N–H and O–H groups in total. The molecule has 0 aliphatic rings. The van der Waals surface area contributed by atoms with Gasteiger partial charge in [-0.3, -0.25) is 0 Å². The van der Waals surface area contributed by atoms with Crippen LogP contribution in [0.2, 0.25) is 10.0 Å². The molecule has 0 atom stereocenters. The van der Waals surface area contributed by atoms with E-state index in [4.69, 9.17) is 32.7 Å². The zero-order chi connectivity index (χ0) is 17.3. The Morgan fingerprint density at radius 3 is 2.17 bits per heavy atom. The molecule has 124 valence electrons. The minimum absolute atomic E-state index is 0.114. The number of aromatic amines is 1. The molecule has 1 heterocycles. The van der Waals surface area contributed by atoms with Crippen molar-refractivity contribution in [2.45, 2.75) is 0 Å². The van der Waals surface area contributed by atoms with Gasteiger partial charge in [-0.15, -0.1) is 5.11 Å². The van der Waals surface area contributed by atoms with Crippen LogP contribution < -0.4 is 9.47 Å². The Labute approximate surface area is 147 Å². The summed E-state index contributed by atoms with van der Waals surface area (Å²) in [6.45, 7) is 0. The maximum atomic E-state index is 10.1. The third-order valence-electron chi connectivity index (χ3n) is 3.37. The van der Waals surface area contributed by atoms with Crippen molar-refractivity contribution in [3.63, 3.8) is 0 Å². The summed E-state index contributed by atoms with van der Waals surface area (Å²) in [7, 11) is 3.07. The fourth-order valence-corrected chi connectivity index (χ4v) is 2.81. The lowest BCUT2D eigenvalue weighted by molar-refractivity contribution is 0.356. The Bertz CT molecular complexity index is 918. The second kappa shape index (κ2) is 6.59. The Hall–Kier alpha value is -2.44. The highest BCUT2D eigenvalue weighted by molar-refractivity contribution is 6.35. The molecule has 3 rings (SSSR count). The summed E-state index contributed by atoms with van der Waals surface area (Å²) < 4.78 is 10.5. The van der Waals surface area contributed by atoms with E-state index >= 15 is 0 Å². The van der Waals surface area contributed by atoms with Crippen molar-refractivity contribution in [2.24, 2.45) is 10.2 Å². The first kappa shape index (κ1) is 16.4. The van der Waals surface area contributed by atoms with Crippen LogP contribution >= 0.6 is 23.2 Å². The molecule has 24 heavy (non-hydrogen) atoms. The van der Waals surface area contributed by atoms with Gasteiger partial charge in [-0.2, -0.15) is 5.11 Å². The summed E-state index contributed by atoms with van der Waals surface area (Å²) >= 11 is 11.9. The Morgan fingerprint density at radius 1 is 0.917 bits per heavy atom. The Balaban J connectivity index is 2.08. The predicted octanol–water partition coefficient (Wildman–Crippen LogP) is 5.61. The maximum absolute atomic E-state index is 10.1. The summed E-state index contributed by atoms with van der Waals surface area (Å²) in [6.07, 6.45) is 0. The molecule has 0 spiro atoms. The number of hydrogen-bond acceptors (Lipinski definition) is 5. The number of fused-ring (bicyclic) bond motifs is 1. The first-order valence-corrected chi connectivity index (χ1v) is 7.62. The highest BCUT2D eigenvalue weighted by atomic mass is 35.5. The molecule has 3 aromatic rings. The fraction of sp³-hybridized carbons (Fsp3) is 0.125. The fourth-order valence-electron chi connectivity index (χ4n) is 2.30. The minimum atomic E-state index is -0.114. The van der Waals surface area contributed by atoms with Crippen LogP contribution in [0.3, 0.4) is 0 Å². The largest absolute Gasteiger partial charge is 0.493 e. The van der Waals surface area contributed by atoms with E-state index in [2.05, 4.69) is 15.2 Å². The van der Waals surface area contributed by atoms with Crippen molar-refractivity contribution >= 4 is 45.5 Å². The van der Waals surface area contributed by atoms with Crippen molar-refractivity contribution in [1.82, 2.24) is 4.98 Å². The number of halogens is 2. The number of benzene rings is 2. The number of hydrogen-bond donors (Lipinski definition) is 2. The van der Waals surface area contributed by atoms with E-state index in [1.807, 2.05) is 0 Å². The van der Waals surface area contributed by atoms with E-state index in [0.717, 1.165) is 0 Å². The summed E-state index contributed by atoms with van der Waals surface area (Å²) in [5, 5.41) is 19.8.